The molecule has 1 heterocycles. The third-order valence-corrected chi connectivity index (χ3v) is 2.59. The fourth-order valence-electron chi connectivity index (χ4n) is 1.77. The summed E-state index contributed by atoms with van der Waals surface area (Å²) in [6.45, 7) is 3.98. The zero-order valence-electron chi connectivity index (χ0n) is 10.0. The molecule has 0 aromatic rings. The summed E-state index contributed by atoms with van der Waals surface area (Å²) < 4.78 is 9.74. The van der Waals surface area contributed by atoms with Crippen LogP contribution in [0, 0.1) is 11.8 Å². The molecule has 0 bridgehead atoms. The molecule has 1 saturated heterocycles. The summed E-state index contributed by atoms with van der Waals surface area (Å²) in [5.41, 5.74) is 0. The second-order valence-electron chi connectivity index (χ2n) is 3.73. The number of carbonyl (C=O) groups excluding carboxylic acids is 3. The molecule has 96 valence electrons. The Hall–Kier alpha value is -1.59. The molecule has 0 aromatic carbocycles. The minimum atomic E-state index is -0.734. The molecule has 1 fully saturated rings. The standard InChI is InChI=1S/C11H17NO5/c1-3-16-10(14)7-5-9(13)12-6-8(7)11(15)17-4-2/h7-8H,3-6H2,1-2H3,(H,12,13)/t7-,8+/m1/s1. The minimum absolute atomic E-state index is 0.0255. The van der Waals surface area contributed by atoms with Crippen molar-refractivity contribution < 1.29 is 23.9 Å². The fraction of sp³-hybridized carbons (Fsp3) is 0.727. The van der Waals surface area contributed by atoms with Crippen LogP contribution in [0.2, 0.25) is 0 Å². The van der Waals surface area contributed by atoms with Crippen LogP contribution >= 0.6 is 0 Å². The van der Waals surface area contributed by atoms with E-state index in [2.05, 4.69) is 5.32 Å². The Kier molecular flexibility index (Phi) is 4.93. The monoisotopic (exact) mass is 243 g/mol. The highest BCUT2D eigenvalue weighted by Gasteiger charge is 2.40. The molecule has 6 heteroatoms. The predicted octanol–water partition coefficient (Wildman–Crippen LogP) is -0.135. The van der Waals surface area contributed by atoms with Gasteiger partial charge in [0, 0.05) is 13.0 Å². The highest BCUT2D eigenvalue weighted by molar-refractivity contribution is 5.89. The highest BCUT2D eigenvalue weighted by Crippen LogP contribution is 2.22. The van der Waals surface area contributed by atoms with Crippen LogP contribution in [0.5, 0.6) is 0 Å². The van der Waals surface area contributed by atoms with Crippen molar-refractivity contribution in [3.05, 3.63) is 0 Å². The van der Waals surface area contributed by atoms with Gasteiger partial charge in [0.2, 0.25) is 5.91 Å². The van der Waals surface area contributed by atoms with E-state index in [1.807, 2.05) is 0 Å². The number of nitrogens with one attached hydrogen (secondary N) is 1. The van der Waals surface area contributed by atoms with Crippen molar-refractivity contribution >= 4 is 17.8 Å². The molecule has 0 aromatic heterocycles. The molecular weight excluding hydrogens is 226 g/mol. The van der Waals surface area contributed by atoms with Crippen LogP contribution in [0.1, 0.15) is 20.3 Å². The number of carbonyl (C=O) groups is 3. The van der Waals surface area contributed by atoms with Crippen molar-refractivity contribution in [3.8, 4) is 0 Å². The van der Waals surface area contributed by atoms with Crippen LogP contribution in [-0.2, 0) is 23.9 Å². The molecule has 1 rings (SSSR count). The van der Waals surface area contributed by atoms with Gasteiger partial charge in [-0.15, -0.1) is 0 Å². The number of rotatable bonds is 4. The van der Waals surface area contributed by atoms with E-state index in [1.54, 1.807) is 13.8 Å². The highest BCUT2D eigenvalue weighted by atomic mass is 16.5. The molecule has 1 N–H and O–H groups in total. The summed E-state index contributed by atoms with van der Waals surface area (Å²) in [5.74, 6) is -2.61. The zero-order valence-corrected chi connectivity index (χ0v) is 10.0. The minimum Gasteiger partial charge on any atom is -0.466 e. The first-order valence-corrected chi connectivity index (χ1v) is 5.70. The SMILES string of the molecule is CCOC(=O)[C@H]1CNC(=O)C[C@H]1C(=O)OCC. The Morgan fingerprint density at radius 1 is 1.18 bits per heavy atom. The van der Waals surface area contributed by atoms with Crippen LogP contribution < -0.4 is 5.32 Å². The lowest BCUT2D eigenvalue weighted by Gasteiger charge is -2.28. The smallest absolute Gasteiger partial charge is 0.311 e. The average Bonchev–Trinajstić information content (AvgIpc) is 2.29. The van der Waals surface area contributed by atoms with Crippen LogP contribution in [0.15, 0.2) is 0 Å². The Bertz CT molecular complexity index is 315. The lowest BCUT2D eigenvalue weighted by atomic mass is 9.86. The van der Waals surface area contributed by atoms with E-state index in [9.17, 15) is 14.4 Å². The topological polar surface area (TPSA) is 81.7 Å². The molecule has 1 aliphatic rings. The van der Waals surface area contributed by atoms with Gasteiger partial charge in [0.25, 0.3) is 0 Å². The summed E-state index contributed by atoms with van der Waals surface area (Å²) in [5, 5.41) is 2.55. The molecule has 6 nitrogen and oxygen atoms in total. The molecule has 1 aliphatic heterocycles. The van der Waals surface area contributed by atoms with Gasteiger partial charge in [-0.25, -0.2) is 0 Å². The van der Waals surface area contributed by atoms with E-state index in [1.165, 1.54) is 0 Å². The summed E-state index contributed by atoms with van der Waals surface area (Å²) in [4.78, 5) is 34.5. The van der Waals surface area contributed by atoms with Gasteiger partial charge in [0.1, 0.15) is 0 Å². The van der Waals surface area contributed by atoms with E-state index >= 15 is 0 Å². The van der Waals surface area contributed by atoms with Crippen LogP contribution in [0.3, 0.4) is 0 Å². The lowest BCUT2D eigenvalue weighted by molar-refractivity contribution is -0.163. The summed E-state index contributed by atoms with van der Waals surface area (Å²) in [7, 11) is 0. The van der Waals surface area contributed by atoms with Gasteiger partial charge in [-0.05, 0) is 13.8 Å². The maximum atomic E-state index is 11.7. The van der Waals surface area contributed by atoms with Gasteiger partial charge in [-0.2, -0.15) is 0 Å². The number of ether oxygens (including phenoxy) is 2. The van der Waals surface area contributed by atoms with E-state index in [0.29, 0.717) is 0 Å². The quantitative estimate of drug-likeness (QED) is 0.695. The predicted molar refractivity (Wildman–Crippen MR) is 57.9 cm³/mol. The summed E-state index contributed by atoms with van der Waals surface area (Å²) in [6, 6.07) is 0. The van der Waals surface area contributed by atoms with E-state index in [4.69, 9.17) is 9.47 Å². The van der Waals surface area contributed by atoms with Gasteiger partial charge in [-0.1, -0.05) is 0 Å². The van der Waals surface area contributed by atoms with Crippen molar-refractivity contribution in [1.29, 1.82) is 0 Å². The number of hydrogen-bond acceptors (Lipinski definition) is 5. The molecule has 0 spiro atoms. The first-order chi connectivity index (χ1) is 8.10. The normalized spacial score (nSPS) is 23.8. The summed E-state index contributed by atoms with van der Waals surface area (Å²) in [6.07, 6.45) is -0.0255. The third-order valence-electron chi connectivity index (χ3n) is 2.59. The van der Waals surface area contributed by atoms with Crippen LogP contribution in [-0.4, -0.2) is 37.6 Å². The Morgan fingerprint density at radius 2 is 1.71 bits per heavy atom. The van der Waals surface area contributed by atoms with Gasteiger partial charge in [0.05, 0.1) is 25.0 Å². The molecule has 0 radical (unpaired) electrons. The zero-order chi connectivity index (χ0) is 12.8. The fourth-order valence-corrected chi connectivity index (χ4v) is 1.77. The van der Waals surface area contributed by atoms with Gasteiger partial charge >= 0.3 is 11.9 Å². The Labute approximate surface area is 99.6 Å². The second kappa shape index (κ2) is 6.22. The Balaban J connectivity index is 2.74. The van der Waals surface area contributed by atoms with Crippen molar-refractivity contribution in [3.63, 3.8) is 0 Å². The molecule has 2 atom stereocenters. The number of esters is 2. The van der Waals surface area contributed by atoms with Crippen molar-refractivity contribution in [2.24, 2.45) is 11.8 Å². The maximum Gasteiger partial charge on any atom is 0.311 e. The van der Waals surface area contributed by atoms with Crippen LogP contribution in [0.25, 0.3) is 0 Å². The Morgan fingerprint density at radius 3 is 2.24 bits per heavy atom. The van der Waals surface area contributed by atoms with Gasteiger partial charge in [0.15, 0.2) is 0 Å². The van der Waals surface area contributed by atoms with E-state index in [-0.39, 0.29) is 32.1 Å². The lowest BCUT2D eigenvalue weighted by Crippen LogP contribution is -2.47. The first-order valence-electron chi connectivity index (χ1n) is 5.70. The number of piperidine rings is 1. The van der Waals surface area contributed by atoms with Crippen molar-refractivity contribution in [2.75, 3.05) is 19.8 Å². The van der Waals surface area contributed by atoms with Gasteiger partial charge in [-0.3, -0.25) is 14.4 Å². The maximum absolute atomic E-state index is 11.7. The molecule has 1 amide bonds. The van der Waals surface area contributed by atoms with E-state index in [0.717, 1.165) is 0 Å². The number of amides is 1. The molecule has 17 heavy (non-hydrogen) atoms. The van der Waals surface area contributed by atoms with Crippen molar-refractivity contribution in [2.45, 2.75) is 20.3 Å². The third kappa shape index (κ3) is 3.44. The molecule has 0 aliphatic carbocycles. The average molecular weight is 243 g/mol. The second-order valence-corrected chi connectivity index (χ2v) is 3.73. The van der Waals surface area contributed by atoms with Crippen molar-refractivity contribution in [1.82, 2.24) is 5.32 Å². The summed E-state index contributed by atoms with van der Waals surface area (Å²) >= 11 is 0. The van der Waals surface area contributed by atoms with Crippen LogP contribution in [0.4, 0.5) is 0 Å². The van der Waals surface area contributed by atoms with Gasteiger partial charge < -0.3 is 14.8 Å². The van der Waals surface area contributed by atoms with E-state index < -0.39 is 23.8 Å². The molecule has 0 unspecified atom stereocenters. The molecular formula is C11H17NO5. The molecule has 0 saturated carbocycles. The first kappa shape index (κ1) is 13.5. The number of hydrogen-bond donors (Lipinski definition) is 1. The largest absolute Gasteiger partial charge is 0.466 e.